The van der Waals surface area contributed by atoms with E-state index in [1.165, 1.54) is 59.1 Å². The second kappa shape index (κ2) is 9.21. The third kappa shape index (κ3) is 4.58. The van der Waals surface area contributed by atoms with Crippen LogP contribution in [0.1, 0.15) is 36.0 Å². The number of aryl methyl sites for hydroxylation is 1. The largest absolute Gasteiger partial charge is 0.361 e. The van der Waals surface area contributed by atoms with Gasteiger partial charge in [0.15, 0.2) is 0 Å². The normalized spacial score (nSPS) is 17.0. The van der Waals surface area contributed by atoms with Gasteiger partial charge in [-0.25, -0.2) is 4.79 Å². The molecule has 1 aromatic heterocycles. The average molecular weight is 429 g/mol. The highest BCUT2D eigenvalue weighted by Gasteiger charge is 2.19. The topological polar surface area (TPSA) is 51.4 Å². The molecule has 2 aliphatic rings. The molecule has 3 aromatic rings. The average Bonchev–Trinajstić information content (AvgIpc) is 3.49. The number of fused-ring (bicyclic) bond motifs is 1. The van der Waals surface area contributed by atoms with Crippen molar-refractivity contribution in [3.05, 3.63) is 71.4 Å². The molecule has 5 rings (SSSR count). The molecule has 0 aliphatic carbocycles. The van der Waals surface area contributed by atoms with Gasteiger partial charge in [0.2, 0.25) is 0 Å². The van der Waals surface area contributed by atoms with E-state index in [1.807, 2.05) is 36.1 Å². The number of amides is 2. The maximum atomic E-state index is 12.6. The van der Waals surface area contributed by atoms with Crippen molar-refractivity contribution in [3.63, 3.8) is 0 Å². The number of nitrogens with zero attached hydrogens (tertiary/aromatic N) is 2. The highest BCUT2D eigenvalue weighted by Crippen LogP contribution is 2.28. The Bertz CT molecular complexity index is 1120. The van der Waals surface area contributed by atoms with Crippen LogP contribution in [0.4, 0.5) is 10.5 Å². The SMILES string of the molecule is Cc1ccc(NC(=O)N2CC=C(c3ccc4[nH]cc(CCN5CCCC5)c4c3)CC2)cc1. The van der Waals surface area contributed by atoms with Crippen molar-refractivity contribution in [2.75, 3.05) is 38.0 Å². The summed E-state index contributed by atoms with van der Waals surface area (Å²) in [6.07, 6.45) is 9.03. The summed E-state index contributed by atoms with van der Waals surface area (Å²) < 4.78 is 0. The lowest BCUT2D eigenvalue weighted by atomic mass is 9.97. The van der Waals surface area contributed by atoms with Crippen LogP contribution in [-0.4, -0.2) is 53.5 Å². The Hall–Kier alpha value is -3.05. The fraction of sp³-hybridized carbons (Fsp3) is 0.370. The summed E-state index contributed by atoms with van der Waals surface area (Å²) in [5.74, 6) is 0. The number of nitrogens with one attached hydrogen (secondary N) is 2. The highest BCUT2D eigenvalue weighted by molar-refractivity contribution is 5.91. The molecule has 0 bridgehead atoms. The Morgan fingerprint density at radius 2 is 1.88 bits per heavy atom. The van der Waals surface area contributed by atoms with Gasteiger partial charge in [0.1, 0.15) is 0 Å². The van der Waals surface area contributed by atoms with Gasteiger partial charge in [-0.3, -0.25) is 0 Å². The summed E-state index contributed by atoms with van der Waals surface area (Å²) >= 11 is 0. The molecule has 0 atom stereocenters. The number of benzene rings is 2. The molecule has 0 saturated carbocycles. The zero-order valence-corrected chi connectivity index (χ0v) is 18.9. The number of aromatic nitrogens is 1. The van der Waals surface area contributed by atoms with Crippen molar-refractivity contribution in [3.8, 4) is 0 Å². The van der Waals surface area contributed by atoms with Crippen molar-refractivity contribution >= 4 is 28.2 Å². The highest BCUT2D eigenvalue weighted by atomic mass is 16.2. The van der Waals surface area contributed by atoms with Gasteiger partial charge < -0.3 is 20.1 Å². The number of rotatable bonds is 5. The molecule has 2 aromatic carbocycles. The van der Waals surface area contributed by atoms with Gasteiger partial charge >= 0.3 is 6.03 Å². The third-order valence-electron chi connectivity index (χ3n) is 6.83. The Labute approximate surface area is 190 Å². The van der Waals surface area contributed by atoms with Crippen LogP contribution in [-0.2, 0) is 6.42 Å². The molecule has 2 aliphatic heterocycles. The second-order valence-electron chi connectivity index (χ2n) is 9.09. The molecule has 1 fully saturated rings. The van der Waals surface area contributed by atoms with Crippen LogP contribution < -0.4 is 5.32 Å². The lowest BCUT2D eigenvalue weighted by Gasteiger charge is -2.27. The lowest BCUT2D eigenvalue weighted by Crippen LogP contribution is -2.37. The fourth-order valence-electron chi connectivity index (χ4n) is 4.82. The second-order valence-corrected chi connectivity index (χ2v) is 9.09. The van der Waals surface area contributed by atoms with E-state index in [9.17, 15) is 4.79 Å². The van der Waals surface area contributed by atoms with Gasteiger partial charge in [-0.05, 0) is 86.7 Å². The molecule has 0 spiro atoms. The smallest absolute Gasteiger partial charge is 0.322 e. The van der Waals surface area contributed by atoms with Crippen molar-refractivity contribution in [1.29, 1.82) is 0 Å². The zero-order chi connectivity index (χ0) is 21.9. The van der Waals surface area contributed by atoms with Crippen LogP contribution in [0, 0.1) is 6.92 Å². The van der Waals surface area contributed by atoms with Crippen LogP contribution in [0.25, 0.3) is 16.5 Å². The molecule has 0 unspecified atom stereocenters. The molecule has 5 nitrogen and oxygen atoms in total. The fourth-order valence-corrected chi connectivity index (χ4v) is 4.82. The van der Waals surface area contributed by atoms with Crippen LogP contribution in [0.2, 0.25) is 0 Å². The van der Waals surface area contributed by atoms with Gasteiger partial charge in [-0.2, -0.15) is 0 Å². The lowest BCUT2D eigenvalue weighted by molar-refractivity contribution is 0.217. The maximum Gasteiger partial charge on any atom is 0.322 e. The number of urea groups is 1. The van der Waals surface area contributed by atoms with Gasteiger partial charge in [-0.15, -0.1) is 0 Å². The summed E-state index contributed by atoms with van der Waals surface area (Å²) in [6, 6.07) is 14.6. The molecule has 2 N–H and O–H groups in total. The molecule has 1 saturated heterocycles. The minimum Gasteiger partial charge on any atom is -0.361 e. The molecular weight excluding hydrogens is 396 g/mol. The summed E-state index contributed by atoms with van der Waals surface area (Å²) in [6.45, 7) is 7.05. The minimum absolute atomic E-state index is 0.0329. The first-order valence-corrected chi connectivity index (χ1v) is 11.8. The van der Waals surface area contributed by atoms with E-state index in [1.54, 1.807) is 0 Å². The summed E-state index contributed by atoms with van der Waals surface area (Å²) in [4.78, 5) is 20.5. The van der Waals surface area contributed by atoms with Crippen LogP contribution in [0.15, 0.2) is 54.7 Å². The van der Waals surface area contributed by atoms with Gasteiger partial charge in [0, 0.05) is 42.4 Å². The van der Waals surface area contributed by atoms with Crippen molar-refractivity contribution in [2.24, 2.45) is 0 Å². The van der Waals surface area contributed by atoms with E-state index in [0.29, 0.717) is 6.54 Å². The Morgan fingerprint density at radius 1 is 1.06 bits per heavy atom. The first-order chi connectivity index (χ1) is 15.7. The Kier molecular flexibility index (Phi) is 5.99. The molecular formula is C27H32N4O. The molecule has 3 heterocycles. The summed E-state index contributed by atoms with van der Waals surface area (Å²) in [5.41, 5.74) is 7.25. The zero-order valence-electron chi connectivity index (χ0n) is 18.9. The molecule has 5 heteroatoms. The number of hydrogen-bond acceptors (Lipinski definition) is 2. The van der Waals surface area contributed by atoms with Crippen LogP contribution in [0.3, 0.4) is 0 Å². The molecule has 166 valence electrons. The van der Waals surface area contributed by atoms with E-state index in [2.05, 4.69) is 45.7 Å². The van der Waals surface area contributed by atoms with Crippen molar-refractivity contribution in [1.82, 2.24) is 14.8 Å². The standard InChI is InChI=1S/C27H32N4O/c1-20-4-7-24(8-5-20)29-27(32)31-16-11-21(12-17-31)22-6-9-26-25(18-22)23(19-28-26)10-15-30-13-2-3-14-30/h4-9,11,18-19,28H,2-3,10,12-17H2,1H3,(H,29,32). The number of carbonyl (C=O) groups excluding carboxylic acids is 1. The maximum absolute atomic E-state index is 12.6. The summed E-state index contributed by atoms with van der Waals surface area (Å²) in [5, 5.41) is 4.34. The van der Waals surface area contributed by atoms with Crippen LogP contribution in [0.5, 0.6) is 0 Å². The van der Waals surface area contributed by atoms with E-state index in [-0.39, 0.29) is 6.03 Å². The Morgan fingerprint density at radius 3 is 2.62 bits per heavy atom. The van der Waals surface area contributed by atoms with Crippen molar-refractivity contribution in [2.45, 2.75) is 32.6 Å². The first-order valence-electron chi connectivity index (χ1n) is 11.8. The number of hydrogen-bond donors (Lipinski definition) is 2. The molecule has 2 amide bonds. The molecule has 32 heavy (non-hydrogen) atoms. The van der Waals surface area contributed by atoms with E-state index in [4.69, 9.17) is 0 Å². The number of H-pyrrole nitrogens is 1. The van der Waals surface area contributed by atoms with Gasteiger partial charge in [-0.1, -0.05) is 29.8 Å². The molecule has 0 radical (unpaired) electrons. The first kappa shape index (κ1) is 20.8. The predicted octanol–water partition coefficient (Wildman–Crippen LogP) is 5.44. The van der Waals surface area contributed by atoms with Gasteiger partial charge in [0.05, 0.1) is 0 Å². The number of anilines is 1. The van der Waals surface area contributed by atoms with Crippen LogP contribution >= 0.6 is 0 Å². The quantitative estimate of drug-likeness (QED) is 0.569. The van der Waals surface area contributed by atoms with Gasteiger partial charge in [0.25, 0.3) is 0 Å². The predicted molar refractivity (Wildman–Crippen MR) is 132 cm³/mol. The minimum atomic E-state index is -0.0329. The van der Waals surface area contributed by atoms with E-state index < -0.39 is 0 Å². The summed E-state index contributed by atoms with van der Waals surface area (Å²) in [7, 11) is 0. The number of carbonyl (C=O) groups is 1. The third-order valence-corrected chi connectivity index (χ3v) is 6.83. The monoisotopic (exact) mass is 428 g/mol. The number of likely N-dealkylation sites (tertiary alicyclic amines) is 1. The van der Waals surface area contributed by atoms with Crippen molar-refractivity contribution < 1.29 is 4.79 Å². The van der Waals surface area contributed by atoms with E-state index >= 15 is 0 Å². The number of aromatic amines is 1. The Balaban J connectivity index is 1.25. The van der Waals surface area contributed by atoms with E-state index in [0.717, 1.165) is 31.6 Å².